The number of carboxylic acid groups (broad SMARTS) is 1. The number of nitrogens with one attached hydrogen (secondary N) is 1. The Balaban J connectivity index is 2.09. The standard InChI is InChI=1S/C13H14N2O2/c16-13(17)9-7-14-11-6-5-10(15-12(9)11)8-3-1-2-4-8/h5-8,14H,1-4H2,(H,16,17). The maximum absolute atomic E-state index is 11.0. The van der Waals surface area contributed by atoms with Gasteiger partial charge in [-0.15, -0.1) is 0 Å². The molecular formula is C13H14N2O2. The third-order valence-electron chi connectivity index (χ3n) is 3.55. The fourth-order valence-corrected chi connectivity index (χ4v) is 2.63. The average Bonchev–Trinajstić information content (AvgIpc) is 2.97. The van der Waals surface area contributed by atoms with Crippen LogP contribution < -0.4 is 0 Å². The average molecular weight is 230 g/mol. The van der Waals surface area contributed by atoms with Gasteiger partial charge in [0.15, 0.2) is 0 Å². The van der Waals surface area contributed by atoms with Gasteiger partial charge in [-0.3, -0.25) is 4.98 Å². The van der Waals surface area contributed by atoms with Crippen LogP contribution >= 0.6 is 0 Å². The van der Waals surface area contributed by atoms with Crippen molar-refractivity contribution >= 4 is 17.0 Å². The van der Waals surface area contributed by atoms with Crippen LogP contribution in [0.1, 0.15) is 47.7 Å². The first-order valence-corrected chi connectivity index (χ1v) is 5.97. The van der Waals surface area contributed by atoms with Crippen LogP contribution in [-0.4, -0.2) is 21.0 Å². The van der Waals surface area contributed by atoms with Gasteiger partial charge in [-0.05, 0) is 25.0 Å². The van der Waals surface area contributed by atoms with Gasteiger partial charge < -0.3 is 10.1 Å². The summed E-state index contributed by atoms with van der Waals surface area (Å²) in [6, 6.07) is 3.95. The topological polar surface area (TPSA) is 66.0 Å². The van der Waals surface area contributed by atoms with E-state index in [1.54, 1.807) is 0 Å². The number of aromatic carboxylic acids is 1. The van der Waals surface area contributed by atoms with Crippen LogP contribution in [0, 0.1) is 0 Å². The molecule has 1 saturated carbocycles. The fraction of sp³-hybridized carbons (Fsp3) is 0.385. The molecule has 17 heavy (non-hydrogen) atoms. The monoisotopic (exact) mass is 230 g/mol. The van der Waals surface area contributed by atoms with E-state index in [1.165, 1.54) is 31.9 Å². The van der Waals surface area contributed by atoms with Gasteiger partial charge in [0.25, 0.3) is 0 Å². The lowest BCUT2D eigenvalue weighted by Gasteiger charge is -2.08. The lowest BCUT2D eigenvalue weighted by Crippen LogP contribution is -1.99. The fourth-order valence-electron chi connectivity index (χ4n) is 2.63. The maximum Gasteiger partial charge on any atom is 0.339 e. The first-order chi connectivity index (χ1) is 8.25. The van der Waals surface area contributed by atoms with Crippen molar-refractivity contribution in [2.45, 2.75) is 31.6 Å². The zero-order valence-corrected chi connectivity index (χ0v) is 9.44. The molecular weight excluding hydrogens is 216 g/mol. The molecule has 0 unspecified atom stereocenters. The summed E-state index contributed by atoms with van der Waals surface area (Å²) in [4.78, 5) is 18.5. The molecule has 0 amide bonds. The molecule has 2 aromatic heterocycles. The Hall–Kier alpha value is -1.84. The Morgan fingerprint density at radius 2 is 2.12 bits per heavy atom. The predicted octanol–water partition coefficient (Wildman–Crippen LogP) is 2.92. The summed E-state index contributed by atoms with van der Waals surface area (Å²) in [5.74, 6) is -0.414. The van der Waals surface area contributed by atoms with Crippen LogP contribution in [-0.2, 0) is 0 Å². The van der Waals surface area contributed by atoms with Gasteiger partial charge in [-0.1, -0.05) is 12.8 Å². The third-order valence-corrected chi connectivity index (χ3v) is 3.55. The van der Waals surface area contributed by atoms with Crippen molar-refractivity contribution in [1.82, 2.24) is 9.97 Å². The Kier molecular flexibility index (Phi) is 2.35. The summed E-state index contributed by atoms with van der Waals surface area (Å²) in [5, 5.41) is 9.07. The van der Waals surface area contributed by atoms with E-state index in [0.717, 1.165) is 11.2 Å². The lowest BCUT2D eigenvalue weighted by atomic mass is 10.0. The number of fused-ring (bicyclic) bond motifs is 1. The first-order valence-electron chi connectivity index (χ1n) is 5.97. The molecule has 1 fully saturated rings. The SMILES string of the molecule is O=C(O)c1c[nH]c2ccc(C3CCCC3)nc12. The Labute approximate surface area is 98.7 Å². The smallest absolute Gasteiger partial charge is 0.339 e. The van der Waals surface area contributed by atoms with E-state index < -0.39 is 5.97 Å². The molecule has 1 aliphatic rings. The van der Waals surface area contributed by atoms with Gasteiger partial charge in [0.1, 0.15) is 11.1 Å². The van der Waals surface area contributed by atoms with E-state index in [2.05, 4.69) is 9.97 Å². The van der Waals surface area contributed by atoms with Gasteiger partial charge >= 0.3 is 5.97 Å². The highest BCUT2D eigenvalue weighted by atomic mass is 16.4. The zero-order valence-electron chi connectivity index (χ0n) is 9.44. The van der Waals surface area contributed by atoms with Gasteiger partial charge in [-0.25, -0.2) is 4.79 Å². The second-order valence-electron chi connectivity index (χ2n) is 4.62. The summed E-state index contributed by atoms with van der Waals surface area (Å²) in [7, 11) is 0. The van der Waals surface area contributed by atoms with Crippen molar-refractivity contribution in [2.75, 3.05) is 0 Å². The van der Waals surface area contributed by atoms with Gasteiger partial charge in [-0.2, -0.15) is 0 Å². The number of carbonyl (C=O) groups is 1. The number of pyridine rings is 1. The molecule has 2 heterocycles. The molecule has 0 aliphatic heterocycles. The number of nitrogens with zero attached hydrogens (tertiary/aromatic N) is 1. The Morgan fingerprint density at radius 3 is 2.82 bits per heavy atom. The Bertz CT molecular complexity index is 568. The second-order valence-corrected chi connectivity index (χ2v) is 4.62. The molecule has 0 aromatic carbocycles. The minimum atomic E-state index is -0.924. The summed E-state index contributed by atoms with van der Waals surface area (Å²) < 4.78 is 0. The number of aromatic amines is 1. The van der Waals surface area contributed by atoms with Crippen molar-refractivity contribution in [3.63, 3.8) is 0 Å². The molecule has 0 radical (unpaired) electrons. The minimum Gasteiger partial charge on any atom is -0.478 e. The zero-order chi connectivity index (χ0) is 11.8. The molecule has 0 bridgehead atoms. The number of hydrogen-bond donors (Lipinski definition) is 2. The quantitative estimate of drug-likeness (QED) is 0.833. The molecule has 1 aliphatic carbocycles. The minimum absolute atomic E-state index is 0.264. The van der Waals surface area contributed by atoms with E-state index in [1.807, 2.05) is 12.1 Å². The van der Waals surface area contributed by atoms with Crippen LogP contribution in [0.2, 0.25) is 0 Å². The highest BCUT2D eigenvalue weighted by molar-refractivity contribution is 6.01. The van der Waals surface area contributed by atoms with Crippen LogP contribution in [0.4, 0.5) is 0 Å². The molecule has 2 N–H and O–H groups in total. The van der Waals surface area contributed by atoms with E-state index in [-0.39, 0.29) is 5.56 Å². The molecule has 4 heteroatoms. The van der Waals surface area contributed by atoms with E-state index in [4.69, 9.17) is 5.11 Å². The molecule has 88 valence electrons. The van der Waals surface area contributed by atoms with Crippen LogP contribution in [0.3, 0.4) is 0 Å². The van der Waals surface area contributed by atoms with Crippen molar-refractivity contribution in [3.8, 4) is 0 Å². The van der Waals surface area contributed by atoms with Crippen molar-refractivity contribution in [1.29, 1.82) is 0 Å². The molecule has 0 atom stereocenters. The third kappa shape index (κ3) is 1.69. The second kappa shape index (κ2) is 3.87. The van der Waals surface area contributed by atoms with Crippen molar-refractivity contribution in [2.24, 2.45) is 0 Å². The summed E-state index contributed by atoms with van der Waals surface area (Å²) in [5.41, 5.74) is 2.68. The maximum atomic E-state index is 11.0. The van der Waals surface area contributed by atoms with Crippen LogP contribution in [0.5, 0.6) is 0 Å². The molecule has 0 saturated heterocycles. The summed E-state index contributed by atoms with van der Waals surface area (Å²) in [6.07, 6.45) is 6.36. The van der Waals surface area contributed by atoms with E-state index in [0.29, 0.717) is 11.4 Å². The largest absolute Gasteiger partial charge is 0.478 e. The predicted molar refractivity (Wildman–Crippen MR) is 64.3 cm³/mol. The van der Waals surface area contributed by atoms with Crippen molar-refractivity contribution < 1.29 is 9.90 Å². The highest BCUT2D eigenvalue weighted by Crippen LogP contribution is 2.33. The van der Waals surface area contributed by atoms with Gasteiger partial charge in [0.2, 0.25) is 0 Å². The number of hydrogen-bond acceptors (Lipinski definition) is 2. The van der Waals surface area contributed by atoms with E-state index in [9.17, 15) is 4.79 Å². The van der Waals surface area contributed by atoms with Gasteiger partial charge in [0.05, 0.1) is 5.52 Å². The van der Waals surface area contributed by atoms with Crippen LogP contribution in [0.25, 0.3) is 11.0 Å². The lowest BCUT2D eigenvalue weighted by molar-refractivity contribution is 0.0699. The molecule has 2 aromatic rings. The number of rotatable bonds is 2. The van der Waals surface area contributed by atoms with Crippen LogP contribution in [0.15, 0.2) is 18.3 Å². The number of H-pyrrole nitrogens is 1. The molecule has 0 spiro atoms. The summed E-state index contributed by atoms with van der Waals surface area (Å²) >= 11 is 0. The first kappa shape index (κ1) is 10.3. The molecule has 3 rings (SSSR count). The van der Waals surface area contributed by atoms with Crippen molar-refractivity contribution in [3.05, 3.63) is 29.6 Å². The number of aromatic nitrogens is 2. The Morgan fingerprint density at radius 1 is 1.35 bits per heavy atom. The highest BCUT2D eigenvalue weighted by Gasteiger charge is 2.20. The van der Waals surface area contributed by atoms with E-state index >= 15 is 0 Å². The normalized spacial score (nSPS) is 16.7. The number of carboxylic acids is 1. The molecule has 4 nitrogen and oxygen atoms in total. The summed E-state index contributed by atoms with van der Waals surface area (Å²) in [6.45, 7) is 0. The van der Waals surface area contributed by atoms with Gasteiger partial charge in [0, 0.05) is 17.8 Å².